The van der Waals surface area contributed by atoms with Gasteiger partial charge in [-0.3, -0.25) is 4.79 Å². The molecule has 6 nitrogen and oxygen atoms in total. The second-order valence-electron chi connectivity index (χ2n) is 4.82. The number of sulfone groups is 1. The Morgan fingerprint density at radius 1 is 1.30 bits per heavy atom. The van der Waals surface area contributed by atoms with Gasteiger partial charge < -0.3 is 16.0 Å². The Morgan fingerprint density at radius 3 is 2.80 bits per heavy atom. The van der Waals surface area contributed by atoms with E-state index in [-0.39, 0.29) is 11.7 Å². The summed E-state index contributed by atoms with van der Waals surface area (Å²) in [6.45, 7) is 1.95. The first-order chi connectivity index (χ1) is 9.47. The Bertz CT molecular complexity index is 599. The molecular weight excluding hydrogens is 278 g/mol. The number of hydrogen-bond donors (Lipinski definition) is 3. The van der Waals surface area contributed by atoms with Gasteiger partial charge in [-0.2, -0.15) is 0 Å². The van der Waals surface area contributed by atoms with E-state index >= 15 is 0 Å². The number of amides is 1. The summed E-state index contributed by atoms with van der Waals surface area (Å²) in [5.41, 5.74) is 2.30. The Labute approximate surface area is 118 Å². The van der Waals surface area contributed by atoms with Crippen LogP contribution in [-0.2, 0) is 9.84 Å². The predicted octanol–water partition coefficient (Wildman–Crippen LogP) is 0.689. The molecule has 0 radical (unpaired) electrons. The van der Waals surface area contributed by atoms with Crippen molar-refractivity contribution in [3.8, 4) is 0 Å². The fraction of sp³-hybridized carbons (Fsp3) is 0.462. The highest BCUT2D eigenvalue weighted by Crippen LogP contribution is 2.28. The summed E-state index contributed by atoms with van der Waals surface area (Å²) in [5.74, 6) is -0.105. The van der Waals surface area contributed by atoms with Crippen LogP contribution in [0.25, 0.3) is 0 Å². The van der Waals surface area contributed by atoms with Crippen LogP contribution in [0.2, 0.25) is 0 Å². The first-order valence-corrected chi connectivity index (χ1v) is 8.60. The first kappa shape index (κ1) is 14.6. The van der Waals surface area contributed by atoms with Crippen molar-refractivity contribution in [1.29, 1.82) is 0 Å². The van der Waals surface area contributed by atoms with Crippen molar-refractivity contribution in [2.45, 2.75) is 6.42 Å². The highest BCUT2D eigenvalue weighted by molar-refractivity contribution is 7.90. The molecule has 1 aromatic carbocycles. The highest BCUT2D eigenvalue weighted by Gasteiger charge is 2.16. The smallest absolute Gasteiger partial charge is 0.253 e. The molecule has 0 atom stereocenters. The van der Waals surface area contributed by atoms with Crippen LogP contribution < -0.4 is 16.0 Å². The highest BCUT2D eigenvalue weighted by atomic mass is 32.2. The minimum atomic E-state index is -2.97. The standard InChI is InChI=1S/C13H19N3O3S/c1-20(18,19)9-3-6-16-13(17)10-4-2-5-11-12(10)15-8-7-14-11/h2,4-5,14-15H,3,6-9H2,1H3,(H,16,17). The van der Waals surface area contributed by atoms with Gasteiger partial charge in [0.2, 0.25) is 0 Å². The van der Waals surface area contributed by atoms with Crippen LogP contribution in [0.4, 0.5) is 11.4 Å². The van der Waals surface area contributed by atoms with Gasteiger partial charge in [-0.1, -0.05) is 6.07 Å². The van der Waals surface area contributed by atoms with Gasteiger partial charge in [-0.05, 0) is 18.6 Å². The number of carbonyl (C=O) groups is 1. The molecule has 20 heavy (non-hydrogen) atoms. The molecule has 0 aliphatic carbocycles. The third-order valence-electron chi connectivity index (χ3n) is 3.03. The molecule has 0 fully saturated rings. The fourth-order valence-electron chi connectivity index (χ4n) is 2.10. The van der Waals surface area contributed by atoms with Crippen LogP contribution in [0, 0.1) is 0 Å². The summed E-state index contributed by atoms with van der Waals surface area (Å²) in [5, 5.41) is 9.18. The van der Waals surface area contributed by atoms with Crippen molar-refractivity contribution in [2.24, 2.45) is 0 Å². The monoisotopic (exact) mass is 297 g/mol. The molecule has 110 valence electrons. The Hall–Kier alpha value is -1.76. The maximum absolute atomic E-state index is 12.1. The first-order valence-electron chi connectivity index (χ1n) is 6.54. The van der Waals surface area contributed by atoms with E-state index in [1.54, 1.807) is 6.07 Å². The maximum atomic E-state index is 12.1. The molecule has 0 spiro atoms. The van der Waals surface area contributed by atoms with E-state index in [2.05, 4.69) is 16.0 Å². The number of anilines is 2. The average Bonchev–Trinajstić information content (AvgIpc) is 2.41. The molecule has 0 saturated heterocycles. The molecule has 7 heteroatoms. The maximum Gasteiger partial charge on any atom is 0.253 e. The second kappa shape index (κ2) is 6.13. The van der Waals surface area contributed by atoms with Gasteiger partial charge in [0.15, 0.2) is 0 Å². The van der Waals surface area contributed by atoms with Crippen LogP contribution in [0.1, 0.15) is 16.8 Å². The van der Waals surface area contributed by atoms with Crippen LogP contribution in [0.15, 0.2) is 18.2 Å². The van der Waals surface area contributed by atoms with Crippen molar-refractivity contribution < 1.29 is 13.2 Å². The molecule has 0 aromatic heterocycles. The molecule has 2 rings (SSSR count). The van der Waals surface area contributed by atoms with Gasteiger partial charge in [0.05, 0.1) is 22.7 Å². The lowest BCUT2D eigenvalue weighted by atomic mass is 10.1. The zero-order valence-electron chi connectivity index (χ0n) is 11.4. The molecular formula is C13H19N3O3S. The van der Waals surface area contributed by atoms with Gasteiger partial charge >= 0.3 is 0 Å². The normalized spacial score (nSPS) is 13.8. The summed E-state index contributed by atoms with van der Waals surface area (Å²) in [6, 6.07) is 5.50. The SMILES string of the molecule is CS(=O)(=O)CCCNC(=O)c1cccc2c1NCCN2. The average molecular weight is 297 g/mol. The molecule has 1 aromatic rings. The number of carbonyl (C=O) groups excluding carboxylic acids is 1. The van der Waals surface area contributed by atoms with Gasteiger partial charge in [0.1, 0.15) is 9.84 Å². The lowest BCUT2D eigenvalue weighted by Gasteiger charge is -2.22. The zero-order valence-corrected chi connectivity index (χ0v) is 12.2. The molecule has 0 unspecified atom stereocenters. The van der Waals surface area contributed by atoms with E-state index in [0.717, 1.165) is 24.5 Å². The summed E-state index contributed by atoms with van der Waals surface area (Å²) in [7, 11) is -2.97. The predicted molar refractivity (Wildman–Crippen MR) is 80.1 cm³/mol. The van der Waals surface area contributed by atoms with Crippen LogP contribution >= 0.6 is 0 Å². The molecule has 1 heterocycles. The zero-order chi connectivity index (χ0) is 14.6. The summed E-state index contributed by atoms with van der Waals surface area (Å²) in [4.78, 5) is 12.1. The third kappa shape index (κ3) is 3.86. The number of nitrogens with one attached hydrogen (secondary N) is 3. The quantitative estimate of drug-likeness (QED) is 0.696. The van der Waals surface area contributed by atoms with E-state index in [4.69, 9.17) is 0 Å². The molecule has 1 amide bonds. The van der Waals surface area contributed by atoms with Crippen molar-refractivity contribution in [3.63, 3.8) is 0 Å². The lowest BCUT2D eigenvalue weighted by Crippen LogP contribution is -2.29. The summed E-state index contributed by atoms with van der Waals surface area (Å²) < 4.78 is 22.0. The van der Waals surface area contributed by atoms with E-state index in [1.165, 1.54) is 6.26 Å². The van der Waals surface area contributed by atoms with E-state index in [1.807, 2.05) is 12.1 Å². The molecule has 0 saturated carbocycles. The number of benzene rings is 1. The van der Waals surface area contributed by atoms with Gasteiger partial charge in [-0.15, -0.1) is 0 Å². The third-order valence-corrected chi connectivity index (χ3v) is 4.06. The van der Waals surface area contributed by atoms with Crippen molar-refractivity contribution >= 4 is 27.1 Å². The lowest BCUT2D eigenvalue weighted by molar-refractivity contribution is 0.0954. The number of fused-ring (bicyclic) bond motifs is 1. The van der Waals surface area contributed by atoms with Crippen molar-refractivity contribution in [2.75, 3.05) is 42.3 Å². The Kier molecular flexibility index (Phi) is 4.49. The van der Waals surface area contributed by atoms with Gasteiger partial charge in [-0.25, -0.2) is 8.42 Å². The Morgan fingerprint density at radius 2 is 2.05 bits per heavy atom. The minimum Gasteiger partial charge on any atom is -0.382 e. The van der Waals surface area contributed by atoms with Gasteiger partial charge in [0.25, 0.3) is 5.91 Å². The van der Waals surface area contributed by atoms with Crippen LogP contribution in [-0.4, -0.2) is 46.0 Å². The molecule has 3 N–H and O–H groups in total. The van der Waals surface area contributed by atoms with E-state index in [0.29, 0.717) is 18.5 Å². The number of para-hydroxylation sites is 1. The topological polar surface area (TPSA) is 87.3 Å². The summed E-state index contributed by atoms with van der Waals surface area (Å²) in [6.07, 6.45) is 1.61. The van der Waals surface area contributed by atoms with Gasteiger partial charge in [0, 0.05) is 25.9 Å². The molecule has 1 aliphatic heterocycles. The van der Waals surface area contributed by atoms with Crippen LogP contribution in [0.3, 0.4) is 0 Å². The fourth-order valence-corrected chi connectivity index (χ4v) is 2.76. The number of hydrogen-bond acceptors (Lipinski definition) is 5. The molecule has 1 aliphatic rings. The van der Waals surface area contributed by atoms with E-state index < -0.39 is 9.84 Å². The number of rotatable bonds is 5. The summed E-state index contributed by atoms with van der Waals surface area (Å²) >= 11 is 0. The minimum absolute atomic E-state index is 0.0833. The van der Waals surface area contributed by atoms with Crippen molar-refractivity contribution in [1.82, 2.24) is 5.32 Å². The largest absolute Gasteiger partial charge is 0.382 e. The molecule has 0 bridgehead atoms. The Balaban J connectivity index is 1.96. The van der Waals surface area contributed by atoms with Crippen molar-refractivity contribution in [3.05, 3.63) is 23.8 Å². The second-order valence-corrected chi connectivity index (χ2v) is 7.08. The van der Waals surface area contributed by atoms with Crippen LogP contribution in [0.5, 0.6) is 0 Å². The van der Waals surface area contributed by atoms with E-state index in [9.17, 15) is 13.2 Å².